The first kappa shape index (κ1) is 35.2. The highest BCUT2D eigenvalue weighted by atomic mass is 15.1. The molecule has 2 heteroatoms. The molecule has 0 bridgehead atoms. The largest absolute Gasteiger partial charge is 0.310 e. The lowest BCUT2D eigenvalue weighted by Crippen LogP contribution is -2.10. The van der Waals surface area contributed by atoms with Crippen LogP contribution in [0.3, 0.4) is 0 Å². The Kier molecular flexibility index (Phi) is 8.87. The van der Waals surface area contributed by atoms with Crippen molar-refractivity contribution < 1.29 is 0 Å². The van der Waals surface area contributed by atoms with Crippen LogP contribution in [0.1, 0.15) is 0 Å². The molecule has 282 valence electrons. The molecule has 0 aliphatic heterocycles. The summed E-state index contributed by atoms with van der Waals surface area (Å²) in [5.74, 6) is 0. The van der Waals surface area contributed by atoms with E-state index in [1.54, 1.807) is 0 Å². The van der Waals surface area contributed by atoms with E-state index >= 15 is 0 Å². The molecule has 0 fully saturated rings. The predicted molar refractivity (Wildman–Crippen MR) is 255 cm³/mol. The molecular weight excluding hydrogens is 725 g/mol. The maximum atomic E-state index is 2.41. The molecule has 1 heterocycles. The Labute approximate surface area is 350 Å². The lowest BCUT2D eigenvalue weighted by Gasteiger charge is -2.27. The van der Waals surface area contributed by atoms with Crippen LogP contribution in [0, 0.1) is 0 Å². The van der Waals surface area contributed by atoms with Gasteiger partial charge >= 0.3 is 0 Å². The number of aromatic nitrogens is 1. The summed E-state index contributed by atoms with van der Waals surface area (Å²) in [6.07, 6.45) is 0. The van der Waals surface area contributed by atoms with Gasteiger partial charge in [-0.2, -0.15) is 0 Å². The van der Waals surface area contributed by atoms with E-state index in [2.05, 4.69) is 252 Å². The van der Waals surface area contributed by atoms with Gasteiger partial charge in [-0.15, -0.1) is 0 Å². The van der Waals surface area contributed by atoms with Crippen molar-refractivity contribution in [1.29, 1.82) is 0 Å². The predicted octanol–water partition coefficient (Wildman–Crippen LogP) is 16.1. The van der Waals surface area contributed by atoms with Crippen LogP contribution in [-0.2, 0) is 0 Å². The van der Waals surface area contributed by atoms with E-state index in [9.17, 15) is 0 Å². The minimum atomic E-state index is 1.09. The standard InChI is InChI=1S/C58H40N2/c1-3-15-41(16-4-1)48-37-49(42-17-5-2-6-18-42)40-52(39-48)59(51-36-33-43-19-7-8-20-47(43)38-51)50-34-31-45(32-35-50)44-27-29-46(30-28-44)53-21-9-12-24-56(53)60-57-25-13-10-22-54(57)55-23-11-14-26-58(55)60/h1-40H. The topological polar surface area (TPSA) is 8.17 Å². The van der Waals surface area contributed by atoms with Crippen molar-refractivity contribution in [1.82, 2.24) is 4.57 Å². The zero-order valence-corrected chi connectivity index (χ0v) is 33.0. The third kappa shape index (κ3) is 6.41. The van der Waals surface area contributed by atoms with Gasteiger partial charge < -0.3 is 9.47 Å². The Morgan fingerprint density at radius 1 is 0.267 bits per heavy atom. The van der Waals surface area contributed by atoms with Crippen LogP contribution in [-0.4, -0.2) is 4.57 Å². The SMILES string of the molecule is c1ccc(-c2cc(-c3ccccc3)cc(N(c3ccc(-c4ccc(-c5ccccc5-n5c6ccccc6c6ccccc65)cc4)cc3)c3ccc4ccccc4c3)c2)cc1. The van der Waals surface area contributed by atoms with Crippen LogP contribution in [0.25, 0.3) is 82.8 Å². The molecule has 0 radical (unpaired) electrons. The van der Waals surface area contributed by atoms with Gasteiger partial charge in [0.2, 0.25) is 0 Å². The zero-order chi connectivity index (χ0) is 39.8. The van der Waals surface area contributed by atoms with Crippen LogP contribution in [0.15, 0.2) is 243 Å². The zero-order valence-electron chi connectivity index (χ0n) is 33.0. The number of benzene rings is 10. The highest BCUT2D eigenvalue weighted by molar-refractivity contribution is 6.09. The number of nitrogens with zero attached hydrogens (tertiary/aromatic N) is 2. The van der Waals surface area contributed by atoms with Crippen molar-refractivity contribution in [3.05, 3.63) is 243 Å². The van der Waals surface area contributed by atoms with Crippen molar-refractivity contribution in [3.63, 3.8) is 0 Å². The number of fused-ring (bicyclic) bond motifs is 4. The average molecular weight is 765 g/mol. The van der Waals surface area contributed by atoms with Crippen molar-refractivity contribution >= 4 is 49.6 Å². The fourth-order valence-corrected chi connectivity index (χ4v) is 8.84. The lowest BCUT2D eigenvalue weighted by atomic mass is 9.97. The van der Waals surface area contributed by atoms with Gasteiger partial charge in [-0.25, -0.2) is 0 Å². The van der Waals surface area contributed by atoms with Gasteiger partial charge in [0.05, 0.1) is 16.7 Å². The van der Waals surface area contributed by atoms with E-state index in [1.165, 1.54) is 82.8 Å². The van der Waals surface area contributed by atoms with Crippen molar-refractivity contribution in [3.8, 4) is 50.2 Å². The third-order valence-corrected chi connectivity index (χ3v) is 11.8. The number of rotatable bonds is 8. The minimum Gasteiger partial charge on any atom is -0.310 e. The van der Waals surface area contributed by atoms with Crippen LogP contribution >= 0.6 is 0 Å². The first-order valence-electron chi connectivity index (χ1n) is 20.6. The quantitative estimate of drug-likeness (QED) is 0.150. The Balaban J connectivity index is 0.986. The maximum absolute atomic E-state index is 2.41. The van der Waals surface area contributed by atoms with E-state index < -0.39 is 0 Å². The fourth-order valence-electron chi connectivity index (χ4n) is 8.84. The minimum absolute atomic E-state index is 1.09. The molecule has 11 aromatic rings. The van der Waals surface area contributed by atoms with Crippen molar-refractivity contribution in [2.75, 3.05) is 4.90 Å². The third-order valence-electron chi connectivity index (χ3n) is 11.8. The highest BCUT2D eigenvalue weighted by Crippen LogP contribution is 2.42. The van der Waals surface area contributed by atoms with Crippen LogP contribution < -0.4 is 4.90 Å². The number of anilines is 3. The molecule has 0 atom stereocenters. The molecule has 0 amide bonds. The van der Waals surface area contributed by atoms with Gasteiger partial charge in [-0.1, -0.05) is 182 Å². The second-order valence-electron chi connectivity index (χ2n) is 15.4. The molecule has 0 N–H and O–H groups in total. The molecule has 0 unspecified atom stereocenters. The summed E-state index contributed by atoms with van der Waals surface area (Å²) in [7, 11) is 0. The first-order chi connectivity index (χ1) is 29.7. The molecule has 0 aliphatic rings. The van der Waals surface area contributed by atoms with Crippen LogP contribution in [0.4, 0.5) is 17.1 Å². The summed E-state index contributed by atoms with van der Waals surface area (Å²) >= 11 is 0. The Morgan fingerprint density at radius 3 is 1.37 bits per heavy atom. The Hall–Kier alpha value is -7.94. The Morgan fingerprint density at radius 2 is 0.733 bits per heavy atom. The molecule has 0 aliphatic carbocycles. The summed E-state index contributed by atoms with van der Waals surface area (Å²) in [5.41, 5.74) is 16.3. The van der Waals surface area contributed by atoms with E-state index in [1.807, 2.05) is 0 Å². The summed E-state index contributed by atoms with van der Waals surface area (Å²) < 4.78 is 2.41. The van der Waals surface area contributed by atoms with Gasteiger partial charge in [0, 0.05) is 33.4 Å². The highest BCUT2D eigenvalue weighted by Gasteiger charge is 2.18. The van der Waals surface area contributed by atoms with E-state index in [4.69, 9.17) is 0 Å². The van der Waals surface area contributed by atoms with Gasteiger partial charge in [0.1, 0.15) is 0 Å². The van der Waals surface area contributed by atoms with Gasteiger partial charge in [-0.3, -0.25) is 0 Å². The van der Waals surface area contributed by atoms with Crippen LogP contribution in [0.5, 0.6) is 0 Å². The summed E-state index contributed by atoms with van der Waals surface area (Å²) in [6, 6.07) is 87.9. The number of hydrogen-bond acceptors (Lipinski definition) is 1. The number of hydrogen-bond donors (Lipinski definition) is 0. The molecule has 0 saturated carbocycles. The van der Waals surface area contributed by atoms with Crippen molar-refractivity contribution in [2.45, 2.75) is 0 Å². The molecule has 0 saturated heterocycles. The molecule has 0 spiro atoms. The molecule has 60 heavy (non-hydrogen) atoms. The molecule has 2 nitrogen and oxygen atoms in total. The normalized spacial score (nSPS) is 11.3. The van der Waals surface area contributed by atoms with E-state index in [0.717, 1.165) is 17.1 Å². The fraction of sp³-hybridized carbons (Fsp3) is 0. The smallest absolute Gasteiger partial charge is 0.0541 e. The Bertz CT molecular complexity index is 3180. The first-order valence-corrected chi connectivity index (χ1v) is 20.6. The molecule has 1 aromatic heterocycles. The summed E-state index contributed by atoms with van der Waals surface area (Å²) in [4.78, 5) is 2.39. The van der Waals surface area contributed by atoms with E-state index in [0.29, 0.717) is 0 Å². The molecule has 11 rings (SSSR count). The molecular formula is C58H40N2. The van der Waals surface area contributed by atoms with Gasteiger partial charge in [-0.05, 0) is 110 Å². The maximum Gasteiger partial charge on any atom is 0.0541 e. The molecule has 10 aromatic carbocycles. The van der Waals surface area contributed by atoms with Crippen LogP contribution in [0.2, 0.25) is 0 Å². The van der Waals surface area contributed by atoms with Gasteiger partial charge in [0.15, 0.2) is 0 Å². The second kappa shape index (κ2) is 15.1. The second-order valence-corrected chi connectivity index (χ2v) is 15.4. The monoisotopic (exact) mass is 764 g/mol. The average Bonchev–Trinajstić information content (AvgIpc) is 3.66. The van der Waals surface area contributed by atoms with Crippen molar-refractivity contribution in [2.24, 2.45) is 0 Å². The summed E-state index contributed by atoms with van der Waals surface area (Å²) in [5, 5.41) is 4.96. The number of para-hydroxylation sites is 3. The summed E-state index contributed by atoms with van der Waals surface area (Å²) in [6.45, 7) is 0. The lowest BCUT2D eigenvalue weighted by molar-refractivity contribution is 1.18. The van der Waals surface area contributed by atoms with Gasteiger partial charge in [0.25, 0.3) is 0 Å². The van der Waals surface area contributed by atoms with E-state index in [-0.39, 0.29) is 0 Å².